The maximum absolute atomic E-state index is 12.4. The number of aryl methyl sites for hydroxylation is 1. The smallest absolute Gasteiger partial charge is 0.234 e. The molecule has 0 aliphatic rings. The number of carbonyl (C=O) groups is 2. The molecule has 0 bridgehead atoms. The lowest BCUT2D eigenvalue weighted by Crippen LogP contribution is -2.15. The van der Waals surface area contributed by atoms with Crippen LogP contribution in [0.25, 0.3) is 11.4 Å². The van der Waals surface area contributed by atoms with Crippen molar-refractivity contribution in [3.8, 4) is 11.4 Å². The second-order valence-electron chi connectivity index (χ2n) is 6.71. The van der Waals surface area contributed by atoms with Crippen molar-refractivity contribution in [2.24, 2.45) is 7.05 Å². The molecule has 0 radical (unpaired) electrons. The monoisotopic (exact) mass is 409 g/mol. The lowest BCUT2D eigenvalue weighted by molar-refractivity contribution is -0.114. The van der Waals surface area contributed by atoms with Crippen LogP contribution in [0.15, 0.2) is 47.6 Å². The molecule has 150 valence electrons. The molecule has 8 heteroatoms. The number of amides is 2. The molecule has 0 saturated heterocycles. The third-order valence-electron chi connectivity index (χ3n) is 4.49. The Balaban J connectivity index is 1.68. The molecule has 3 rings (SSSR count). The summed E-state index contributed by atoms with van der Waals surface area (Å²) in [6.07, 6.45) is 0. The van der Waals surface area contributed by atoms with E-state index in [2.05, 4.69) is 20.8 Å². The van der Waals surface area contributed by atoms with Crippen LogP contribution in [0, 0.1) is 13.8 Å². The van der Waals surface area contributed by atoms with Crippen LogP contribution < -0.4 is 10.6 Å². The second kappa shape index (κ2) is 8.91. The van der Waals surface area contributed by atoms with Crippen molar-refractivity contribution < 1.29 is 9.59 Å². The summed E-state index contributed by atoms with van der Waals surface area (Å²) in [6.45, 7) is 5.47. The molecule has 2 amide bonds. The maximum atomic E-state index is 12.4. The van der Waals surface area contributed by atoms with Crippen molar-refractivity contribution in [1.29, 1.82) is 0 Å². The summed E-state index contributed by atoms with van der Waals surface area (Å²) in [4.78, 5) is 23.6. The Hall–Kier alpha value is -3.13. The van der Waals surface area contributed by atoms with Crippen LogP contribution in [0.5, 0.6) is 0 Å². The Morgan fingerprint density at radius 3 is 2.59 bits per heavy atom. The highest BCUT2D eigenvalue weighted by Gasteiger charge is 2.14. The molecule has 29 heavy (non-hydrogen) atoms. The molecule has 0 unspecified atom stereocenters. The first-order valence-corrected chi connectivity index (χ1v) is 10.1. The van der Waals surface area contributed by atoms with E-state index in [0.717, 1.165) is 22.4 Å². The number of benzene rings is 2. The number of anilines is 2. The summed E-state index contributed by atoms with van der Waals surface area (Å²) in [6, 6.07) is 13.2. The second-order valence-corrected chi connectivity index (χ2v) is 7.65. The fourth-order valence-corrected chi connectivity index (χ4v) is 3.55. The zero-order chi connectivity index (χ0) is 21.0. The van der Waals surface area contributed by atoms with Gasteiger partial charge in [0.05, 0.1) is 5.75 Å². The lowest BCUT2D eigenvalue weighted by atomic mass is 10.1. The molecule has 1 heterocycles. The van der Waals surface area contributed by atoms with Gasteiger partial charge in [0, 0.05) is 30.9 Å². The summed E-state index contributed by atoms with van der Waals surface area (Å²) in [5.74, 6) is 0.660. The number of nitrogens with zero attached hydrogens (tertiary/aromatic N) is 3. The highest BCUT2D eigenvalue weighted by Crippen LogP contribution is 2.25. The van der Waals surface area contributed by atoms with Crippen molar-refractivity contribution in [3.05, 3.63) is 53.6 Å². The summed E-state index contributed by atoms with van der Waals surface area (Å²) >= 11 is 1.32. The van der Waals surface area contributed by atoms with E-state index in [-0.39, 0.29) is 17.6 Å². The minimum atomic E-state index is -0.133. The Kier molecular flexibility index (Phi) is 6.33. The van der Waals surface area contributed by atoms with Crippen LogP contribution in [-0.2, 0) is 16.6 Å². The van der Waals surface area contributed by atoms with E-state index in [9.17, 15) is 9.59 Å². The van der Waals surface area contributed by atoms with E-state index in [4.69, 9.17) is 0 Å². The number of hydrogen-bond donors (Lipinski definition) is 2. The van der Waals surface area contributed by atoms with Crippen molar-refractivity contribution in [3.63, 3.8) is 0 Å². The van der Waals surface area contributed by atoms with E-state index in [0.29, 0.717) is 16.7 Å². The van der Waals surface area contributed by atoms with Gasteiger partial charge in [-0.3, -0.25) is 9.59 Å². The van der Waals surface area contributed by atoms with Gasteiger partial charge in [0.2, 0.25) is 11.8 Å². The molecule has 0 spiro atoms. The van der Waals surface area contributed by atoms with Crippen molar-refractivity contribution >= 4 is 35.0 Å². The molecule has 0 aliphatic carbocycles. The third kappa shape index (κ3) is 5.03. The normalized spacial score (nSPS) is 10.6. The molecule has 0 fully saturated rings. The molecule has 0 saturated carbocycles. The van der Waals surface area contributed by atoms with Gasteiger partial charge in [-0.25, -0.2) is 0 Å². The van der Waals surface area contributed by atoms with Crippen LogP contribution in [0.1, 0.15) is 18.1 Å². The standard InChI is InChI=1S/C21H23N5O2S/c1-13-7-5-10-18(14(13)2)23-19(28)12-29-21-25-24-20(26(21)4)16-8-6-9-17(11-16)22-15(3)27/h5-11H,12H2,1-4H3,(H,22,27)(H,23,28). The molecule has 7 nitrogen and oxygen atoms in total. The molecule has 0 atom stereocenters. The van der Waals surface area contributed by atoms with Gasteiger partial charge in [-0.2, -0.15) is 0 Å². The third-order valence-corrected chi connectivity index (χ3v) is 5.51. The minimum absolute atomic E-state index is 0.0964. The largest absolute Gasteiger partial charge is 0.326 e. The van der Waals surface area contributed by atoms with Crippen LogP contribution in [0.3, 0.4) is 0 Å². The number of hydrogen-bond acceptors (Lipinski definition) is 5. The zero-order valence-electron chi connectivity index (χ0n) is 16.8. The van der Waals surface area contributed by atoms with Crippen LogP contribution in [0.4, 0.5) is 11.4 Å². The Morgan fingerprint density at radius 2 is 1.83 bits per heavy atom. The quantitative estimate of drug-likeness (QED) is 0.605. The van der Waals surface area contributed by atoms with Gasteiger partial charge in [-0.15, -0.1) is 10.2 Å². The van der Waals surface area contributed by atoms with E-state index in [1.54, 1.807) is 0 Å². The minimum Gasteiger partial charge on any atom is -0.326 e. The maximum Gasteiger partial charge on any atom is 0.234 e. The van der Waals surface area contributed by atoms with Gasteiger partial charge in [0.15, 0.2) is 11.0 Å². The Labute approximate surface area is 173 Å². The highest BCUT2D eigenvalue weighted by molar-refractivity contribution is 7.99. The summed E-state index contributed by atoms with van der Waals surface area (Å²) in [7, 11) is 1.85. The van der Waals surface area contributed by atoms with Gasteiger partial charge in [-0.1, -0.05) is 36.0 Å². The van der Waals surface area contributed by atoms with E-state index in [1.807, 2.05) is 67.9 Å². The summed E-state index contributed by atoms with van der Waals surface area (Å²) in [5.41, 5.74) is 4.54. The van der Waals surface area contributed by atoms with E-state index in [1.165, 1.54) is 18.7 Å². The van der Waals surface area contributed by atoms with Crippen LogP contribution in [-0.4, -0.2) is 32.3 Å². The Bertz CT molecular complexity index is 1060. The predicted octanol–water partition coefficient (Wildman–Crippen LogP) is 3.79. The van der Waals surface area contributed by atoms with Crippen LogP contribution >= 0.6 is 11.8 Å². The van der Waals surface area contributed by atoms with Gasteiger partial charge < -0.3 is 15.2 Å². The van der Waals surface area contributed by atoms with Crippen LogP contribution in [0.2, 0.25) is 0 Å². The Morgan fingerprint density at radius 1 is 1.07 bits per heavy atom. The number of nitrogens with one attached hydrogen (secondary N) is 2. The molecule has 2 aromatic carbocycles. The number of aromatic nitrogens is 3. The molecule has 2 N–H and O–H groups in total. The van der Waals surface area contributed by atoms with Crippen molar-refractivity contribution in [2.45, 2.75) is 25.9 Å². The number of rotatable bonds is 6. The summed E-state index contributed by atoms with van der Waals surface area (Å²) < 4.78 is 1.84. The van der Waals surface area contributed by atoms with Gasteiger partial charge in [-0.05, 0) is 43.2 Å². The summed E-state index contributed by atoms with van der Waals surface area (Å²) in [5, 5.41) is 14.8. The van der Waals surface area contributed by atoms with E-state index < -0.39 is 0 Å². The number of thioether (sulfide) groups is 1. The fraction of sp³-hybridized carbons (Fsp3) is 0.238. The first-order valence-electron chi connectivity index (χ1n) is 9.11. The fourth-order valence-electron chi connectivity index (χ4n) is 2.83. The molecular weight excluding hydrogens is 386 g/mol. The van der Waals surface area contributed by atoms with Gasteiger partial charge in [0.25, 0.3) is 0 Å². The molecular formula is C21H23N5O2S. The lowest BCUT2D eigenvalue weighted by Gasteiger charge is -2.10. The zero-order valence-corrected chi connectivity index (χ0v) is 17.6. The van der Waals surface area contributed by atoms with Crippen molar-refractivity contribution in [1.82, 2.24) is 14.8 Å². The first-order chi connectivity index (χ1) is 13.8. The highest BCUT2D eigenvalue weighted by atomic mass is 32.2. The predicted molar refractivity (Wildman–Crippen MR) is 116 cm³/mol. The topological polar surface area (TPSA) is 88.9 Å². The SMILES string of the molecule is CC(=O)Nc1cccc(-c2nnc(SCC(=O)Nc3cccc(C)c3C)n2C)c1. The van der Waals surface area contributed by atoms with Gasteiger partial charge >= 0.3 is 0 Å². The van der Waals surface area contributed by atoms with E-state index >= 15 is 0 Å². The van der Waals surface area contributed by atoms with Crippen molar-refractivity contribution in [2.75, 3.05) is 16.4 Å². The van der Waals surface area contributed by atoms with Gasteiger partial charge in [0.1, 0.15) is 0 Å². The average Bonchev–Trinajstić information content (AvgIpc) is 3.04. The first kappa shape index (κ1) is 20.6. The molecule has 0 aliphatic heterocycles. The average molecular weight is 410 g/mol. The number of carbonyl (C=O) groups excluding carboxylic acids is 2. The molecule has 1 aromatic heterocycles. The molecule has 3 aromatic rings.